The number of carboxylic acid groups (broad SMARTS) is 1. The summed E-state index contributed by atoms with van der Waals surface area (Å²) in [6.45, 7) is 5.14. The fourth-order valence-electron chi connectivity index (χ4n) is 3.21. The predicted octanol–water partition coefficient (Wildman–Crippen LogP) is 3.00. The molecule has 0 atom stereocenters. The molecule has 2 aromatic heterocycles. The number of aromatic nitrogens is 4. The van der Waals surface area contributed by atoms with Crippen molar-refractivity contribution < 1.29 is 28.3 Å². The molecule has 0 radical (unpaired) electrons. The van der Waals surface area contributed by atoms with Crippen molar-refractivity contribution in [2.75, 3.05) is 0 Å². The molecule has 0 aliphatic rings. The third-order valence-electron chi connectivity index (χ3n) is 5.21. The number of carbonyl (C=O) groups is 3. The lowest BCUT2D eigenvalue weighted by atomic mass is 10.1. The highest BCUT2D eigenvalue weighted by molar-refractivity contribution is 5.96. The van der Waals surface area contributed by atoms with Gasteiger partial charge in [-0.2, -0.15) is 9.50 Å². The number of halogens is 2. The Bertz CT molecular complexity index is 1500. The van der Waals surface area contributed by atoms with Crippen LogP contribution in [0.4, 0.5) is 8.78 Å². The van der Waals surface area contributed by atoms with Gasteiger partial charge in [0.15, 0.2) is 11.5 Å². The van der Waals surface area contributed by atoms with Gasteiger partial charge >= 0.3 is 5.97 Å². The molecule has 0 aliphatic heterocycles. The largest absolute Gasteiger partial charge is 0.477 e. The lowest BCUT2D eigenvalue weighted by molar-refractivity contribution is 0.0686. The highest BCUT2D eigenvalue weighted by Crippen LogP contribution is 2.11. The predicted molar refractivity (Wildman–Crippen MR) is 129 cm³/mol. The van der Waals surface area contributed by atoms with Crippen LogP contribution in [0.1, 0.15) is 60.8 Å². The summed E-state index contributed by atoms with van der Waals surface area (Å²) < 4.78 is 26.8. The van der Waals surface area contributed by atoms with Gasteiger partial charge in [-0.1, -0.05) is 24.3 Å². The molecule has 0 unspecified atom stereocenters. The van der Waals surface area contributed by atoms with Gasteiger partial charge in [0.2, 0.25) is 5.82 Å². The SMILES string of the molecule is CC(=O)c1nc2nc(C(=O)NCc3ccc(F)c(C)c3)cc(C(=O)O)n2n1.Cc1cc(CN)ccc1F. The molecular formula is C25H24F2N6O4. The zero-order chi connectivity index (χ0) is 27.3. The van der Waals surface area contributed by atoms with Crippen LogP contribution >= 0.6 is 0 Å². The number of amides is 1. The van der Waals surface area contributed by atoms with E-state index in [4.69, 9.17) is 5.73 Å². The van der Waals surface area contributed by atoms with Gasteiger partial charge in [0.25, 0.3) is 11.7 Å². The maximum Gasteiger partial charge on any atom is 0.354 e. The quantitative estimate of drug-likeness (QED) is 0.335. The van der Waals surface area contributed by atoms with Crippen LogP contribution in [0.3, 0.4) is 0 Å². The smallest absolute Gasteiger partial charge is 0.354 e. The first-order chi connectivity index (χ1) is 17.5. The molecule has 0 bridgehead atoms. The number of hydrogen-bond donors (Lipinski definition) is 3. The fraction of sp³-hybridized carbons (Fsp3) is 0.200. The van der Waals surface area contributed by atoms with Gasteiger partial charge in [0.05, 0.1) is 0 Å². The molecule has 0 saturated carbocycles. The van der Waals surface area contributed by atoms with E-state index in [1.165, 1.54) is 25.1 Å². The second-order valence-corrected chi connectivity index (χ2v) is 8.09. The van der Waals surface area contributed by atoms with E-state index in [1.54, 1.807) is 32.0 Å². The van der Waals surface area contributed by atoms with Crippen molar-refractivity contribution in [2.24, 2.45) is 5.73 Å². The van der Waals surface area contributed by atoms with Crippen LogP contribution in [0.25, 0.3) is 5.78 Å². The standard InChI is InChI=1S/C17H14FN5O4.C8H10FN/c1-8-5-10(3-4-11(8)18)7-19-15(25)12-6-13(16(26)27)23-17(20-12)21-14(22-23)9(2)24;1-6-4-7(5-10)2-3-8(6)9/h3-6H,7H2,1-2H3,(H,19,25)(H,26,27);2-4H,5,10H2,1H3. The first-order valence-electron chi connectivity index (χ1n) is 11.0. The monoisotopic (exact) mass is 510 g/mol. The summed E-state index contributed by atoms with van der Waals surface area (Å²) in [6.07, 6.45) is 0. The maximum atomic E-state index is 13.3. The normalized spacial score (nSPS) is 10.5. The Morgan fingerprint density at radius 3 is 2.11 bits per heavy atom. The molecule has 0 saturated heterocycles. The molecule has 10 nitrogen and oxygen atoms in total. The minimum atomic E-state index is -1.36. The lowest BCUT2D eigenvalue weighted by Crippen LogP contribution is -2.25. The number of rotatable bonds is 6. The zero-order valence-corrected chi connectivity index (χ0v) is 20.2. The Morgan fingerprint density at radius 2 is 1.57 bits per heavy atom. The van der Waals surface area contributed by atoms with Crippen molar-refractivity contribution in [1.82, 2.24) is 24.9 Å². The van der Waals surface area contributed by atoms with Gasteiger partial charge in [-0.3, -0.25) is 9.59 Å². The molecular weight excluding hydrogens is 486 g/mol. The average molecular weight is 511 g/mol. The third-order valence-corrected chi connectivity index (χ3v) is 5.21. The van der Waals surface area contributed by atoms with Crippen LogP contribution < -0.4 is 11.1 Å². The summed E-state index contributed by atoms with van der Waals surface area (Å²) in [4.78, 5) is 43.0. The number of carboxylic acids is 1. The zero-order valence-electron chi connectivity index (χ0n) is 20.2. The van der Waals surface area contributed by atoms with Crippen molar-refractivity contribution in [3.05, 3.63) is 93.6 Å². The van der Waals surface area contributed by atoms with E-state index in [0.717, 1.165) is 16.1 Å². The molecule has 0 aliphatic carbocycles. The number of hydrogen-bond acceptors (Lipinski definition) is 7. The first kappa shape index (κ1) is 27.0. The number of carbonyl (C=O) groups excluding carboxylic acids is 2. The summed E-state index contributed by atoms with van der Waals surface area (Å²) in [5, 5.41) is 15.7. The summed E-state index contributed by atoms with van der Waals surface area (Å²) in [7, 11) is 0. The Morgan fingerprint density at radius 1 is 0.973 bits per heavy atom. The highest BCUT2D eigenvalue weighted by Gasteiger charge is 2.20. The molecule has 12 heteroatoms. The highest BCUT2D eigenvalue weighted by atomic mass is 19.1. The van der Waals surface area contributed by atoms with E-state index in [0.29, 0.717) is 23.2 Å². The number of Topliss-reactive ketones (excluding diaryl/α,β-unsaturated/α-hetero) is 1. The second-order valence-electron chi connectivity index (χ2n) is 8.09. The van der Waals surface area contributed by atoms with Gasteiger partial charge in [-0.15, -0.1) is 5.10 Å². The Balaban J connectivity index is 0.000000319. The Hall–Kier alpha value is -4.58. The van der Waals surface area contributed by atoms with Crippen LogP contribution in [0.15, 0.2) is 42.5 Å². The van der Waals surface area contributed by atoms with Crippen LogP contribution in [-0.4, -0.2) is 42.3 Å². The minimum absolute atomic E-state index is 0.0978. The van der Waals surface area contributed by atoms with Crippen molar-refractivity contribution >= 4 is 23.4 Å². The van der Waals surface area contributed by atoms with Gasteiger partial charge in [0.1, 0.15) is 17.3 Å². The molecule has 4 rings (SSSR count). The van der Waals surface area contributed by atoms with Gasteiger partial charge < -0.3 is 16.2 Å². The van der Waals surface area contributed by atoms with Crippen molar-refractivity contribution in [3.63, 3.8) is 0 Å². The van der Waals surface area contributed by atoms with Crippen molar-refractivity contribution in [2.45, 2.75) is 33.9 Å². The Kier molecular flexibility index (Phi) is 8.35. The fourth-order valence-corrected chi connectivity index (χ4v) is 3.21. The van der Waals surface area contributed by atoms with Crippen molar-refractivity contribution in [3.8, 4) is 0 Å². The van der Waals surface area contributed by atoms with Crippen molar-refractivity contribution in [1.29, 1.82) is 0 Å². The number of nitrogens with one attached hydrogen (secondary N) is 1. The maximum absolute atomic E-state index is 13.3. The van der Waals surface area contributed by atoms with Gasteiger partial charge in [0, 0.05) is 26.1 Å². The number of aryl methyl sites for hydroxylation is 2. The van der Waals surface area contributed by atoms with Gasteiger partial charge in [-0.25, -0.2) is 18.6 Å². The molecule has 4 aromatic rings. The molecule has 4 N–H and O–H groups in total. The number of aromatic carboxylic acids is 1. The van der Waals surface area contributed by atoms with E-state index in [2.05, 4.69) is 20.4 Å². The Labute approximate surface area is 210 Å². The third kappa shape index (κ3) is 6.55. The van der Waals surface area contributed by atoms with E-state index < -0.39 is 17.7 Å². The summed E-state index contributed by atoms with van der Waals surface area (Å²) in [5.74, 6) is -3.37. The van der Waals surface area contributed by atoms with E-state index in [9.17, 15) is 28.3 Å². The molecule has 192 valence electrons. The first-order valence-corrected chi connectivity index (χ1v) is 11.0. The van der Waals surface area contributed by atoms with Crippen LogP contribution in [0, 0.1) is 25.5 Å². The van der Waals surface area contributed by atoms with Crippen LogP contribution in [0.5, 0.6) is 0 Å². The van der Waals surface area contributed by atoms with E-state index in [1.807, 2.05) is 0 Å². The lowest BCUT2D eigenvalue weighted by Gasteiger charge is -2.07. The number of fused-ring (bicyclic) bond motifs is 1. The molecule has 1 amide bonds. The van der Waals surface area contributed by atoms with Crippen LogP contribution in [-0.2, 0) is 13.1 Å². The summed E-state index contributed by atoms with van der Waals surface area (Å²) in [6, 6.07) is 10.4. The summed E-state index contributed by atoms with van der Waals surface area (Å²) in [5.41, 5.74) is 7.53. The number of nitrogens with zero attached hydrogens (tertiary/aromatic N) is 4. The van der Waals surface area contributed by atoms with E-state index >= 15 is 0 Å². The molecule has 2 heterocycles. The molecule has 0 spiro atoms. The molecule has 0 fully saturated rings. The number of ketones is 1. The summed E-state index contributed by atoms with van der Waals surface area (Å²) >= 11 is 0. The van der Waals surface area contributed by atoms with E-state index in [-0.39, 0.29) is 41.2 Å². The average Bonchev–Trinajstić information content (AvgIpc) is 3.30. The topological polar surface area (TPSA) is 153 Å². The number of nitrogens with two attached hydrogens (primary N) is 1. The molecule has 2 aromatic carbocycles. The second kappa shape index (κ2) is 11.4. The number of benzene rings is 2. The van der Waals surface area contributed by atoms with Gasteiger partial charge in [-0.05, 0) is 48.2 Å². The molecule has 37 heavy (non-hydrogen) atoms. The minimum Gasteiger partial charge on any atom is -0.477 e. The van der Waals surface area contributed by atoms with Crippen LogP contribution in [0.2, 0.25) is 0 Å².